The second kappa shape index (κ2) is 18.9. The Kier molecular flexibility index (Phi) is 13.2. The number of likely N-dealkylation sites (tertiary alicyclic amines) is 2. The first-order valence-electron chi connectivity index (χ1n) is 20.3. The highest BCUT2D eigenvalue weighted by molar-refractivity contribution is 5.99. The van der Waals surface area contributed by atoms with Crippen molar-refractivity contribution in [1.29, 1.82) is 0 Å². The van der Waals surface area contributed by atoms with Gasteiger partial charge in [0, 0.05) is 45.2 Å². The molecule has 58 heavy (non-hydrogen) atoms. The first kappa shape index (κ1) is 40.7. The van der Waals surface area contributed by atoms with Crippen LogP contribution in [0.2, 0.25) is 0 Å². The number of alkyl carbamates (subject to hydrolysis) is 2. The first-order chi connectivity index (χ1) is 28.2. The molecule has 0 aliphatic carbocycles. The van der Waals surface area contributed by atoms with Crippen LogP contribution in [0.5, 0.6) is 0 Å². The van der Waals surface area contributed by atoms with Crippen molar-refractivity contribution in [2.45, 2.75) is 75.5 Å². The summed E-state index contributed by atoms with van der Waals surface area (Å²) >= 11 is 0. The summed E-state index contributed by atoms with van der Waals surface area (Å²) in [7, 11) is 2.56. The number of hydrogen-bond acceptors (Lipinski definition) is 10. The van der Waals surface area contributed by atoms with Gasteiger partial charge in [-0.15, -0.1) is 0 Å². The third kappa shape index (κ3) is 9.28. The second-order valence-electron chi connectivity index (χ2n) is 15.3. The number of amides is 5. The van der Waals surface area contributed by atoms with Crippen molar-refractivity contribution in [3.8, 4) is 22.4 Å². The maximum absolute atomic E-state index is 13.9. The molecule has 5 amide bonds. The molecule has 4 atom stereocenters. The fourth-order valence-electron chi connectivity index (χ4n) is 8.67. The number of nitrogens with one attached hydrogen (secondary N) is 4. The summed E-state index contributed by atoms with van der Waals surface area (Å²) in [5, 5.41) is 8.50. The minimum atomic E-state index is -0.794. The lowest BCUT2D eigenvalue weighted by Crippen LogP contribution is -2.56. The largest absolute Gasteiger partial charge is 0.453 e. The van der Waals surface area contributed by atoms with Crippen molar-refractivity contribution in [3.63, 3.8) is 0 Å². The van der Waals surface area contributed by atoms with E-state index >= 15 is 0 Å². The number of carbonyl (C=O) groups is 5. The number of rotatable bonds is 11. The molecule has 16 heteroatoms. The lowest BCUT2D eigenvalue weighted by molar-refractivity contribution is -0.140. The van der Waals surface area contributed by atoms with Crippen molar-refractivity contribution in [3.05, 3.63) is 60.6 Å². The van der Waals surface area contributed by atoms with Gasteiger partial charge in [0.05, 0.1) is 32.2 Å². The van der Waals surface area contributed by atoms with E-state index in [0.29, 0.717) is 89.6 Å². The number of anilines is 1. The zero-order valence-corrected chi connectivity index (χ0v) is 33.1. The number of benzene rings is 2. The average Bonchev–Trinajstić information content (AvgIpc) is 4.07. The molecule has 4 fully saturated rings. The Morgan fingerprint density at radius 2 is 1.19 bits per heavy atom. The zero-order chi connectivity index (χ0) is 40.6. The number of aromatic nitrogens is 2. The molecular weight excluding hydrogens is 747 g/mol. The van der Waals surface area contributed by atoms with Gasteiger partial charge >= 0.3 is 12.2 Å². The van der Waals surface area contributed by atoms with Gasteiger partial charge in [0.25, 0.3) is 0 Å². The molecule has 3 aromatic rings. The van der Waals surface area contributed by atoms with E-state index in [1.54, 1.807) is 11.1 Å². The Hall–Kier alpha value is -5.48. The molecule has 0 spiro atoms. The fraction of sp³-hybridized carbons (Fsp3) is 0.524. The molecule has 310 valence electrons. The average molecular weight is 800 g/mol. The van der Waals surface area contributed by atoms with Crippen molar-refractivity contribution in [1.82, 2.24) is 30.4 Å². The number of ether oxygens (including phenoxy) is 4. The predicted molar refractivity (Wildman–Crippen MR) is 212 cm³/mol. The number of imidazole rings is 1. The van der Waals surface area contributed by atoms with E-state index in [9.17, 15) is 24.0 Å². The molecule has 1 aromatic heterocycles. The van der Waals surface area contributed by atoms with Crippen LogP contribution in [0.1, 0.15) is 63.2 Å². The highest BCUT2D eigenvalue weighted by Gasteiger charge is 2.42. The van der Waals surface area contributed by atoms with Gasteiger partial charge in [-0.2, -0.15) is 0 Å². The molecule has 0 saturated carbocycles. The van der Waals surface area contributed by atoms with Crippen molar-refractivity contribution in [2.75, 3.05) is 59.1 Å². The maximum Gasteiger partial charge on any atom is 0.407 e. The van der Waals surface area contributed by atoms with E-state index in [0.717, 1.165) is 35.2 Å². The molecule has 0 bridgehead atoms. The monoisotopic (exact) mass is 799 g/mol. The molecule has 0 unspecified atom stereocenters. The molecular formula is C42H53N7O9. The lowest BCUT2D eigenvalue weighted by Gasteiger charge is -2.34. The second-order valence-corrected chi connectivity index (χ2v) is 15.3. The molecule has 4 aliphatic rings. The van der Waals surface area contributed by atoms with Gasteiger partial charge in [-0.25, -0.2) is 14.6 Å². The minimum absolute atomic E-state index is 0.0397. The van der Waals surface area contributed by atoms with Crippen LogP contribution in [0.15, 0.2) is 54.7 Å². The van der Waals surface area contributed by atoms with E-state index in [1.165, 1.54) is 14.2 Å². The van der Waals surface area contributed by atoms with Crippen LogP contribution < -0.4 is 16.0 Å². The van der Waals surface area contributed by atoms with Crippen LogP contribution in [0.25, 0.3) is 22.4 Å². The zero-order valence-electron chi connectivity index (χ0n) is 33.1. The summed E-state index contributed by atoms with van der Waals surface area (Å²) in [6, 6.07) is 13.2. The van der Waals surface area contributed by atoms with Gasteiger partial charge in [-0.05, 0) is 92.0 Å². The third-order valence-corrected chi connectivity index (χ3v) is 11.9. The summed E-state index contributed by atoms with van der Waals surface area (Å²) in [5.41, 5.74) is 4.32. The number of nitrogens with zero attached hydrogens (tertiary/aromatic N) is 3. The molecule has 5 heterocycles. The van der Waals surface area contributed by atoms with Crippen molar-refractivity contribution >= 4 is 35.6 Å². The van der Waals surface area contributed by atoms with E-state index < -0.39 is 30.3 Å². The Bertz CT molecular complexity index is 1910. The van der Waals surface area contributed by atoms with Crippen LogP contribution in [0.4, 0.5) is 15.3 Å². The number of methoxy groups -OCH3 is 2. The molecule has 4 N–H and O–H groups in total. The molecule has 0 radical (unpaired) electrons. The van der Waals surface area contributed by atoms with Crippen molar-refractivity contribution in [2.24, 2.45) is 11.8 Å². The highest BCUT2D eigenvalue weighted by Crippen LogP contribution is 2.34. The van der Waals surface area contributed by atoms with E-state index in [-0.39, 0.29) is 35.6 Å². The van der Waals surface area contributed by atoms with Crippen LogP contribution >= 0.6 is 0 Å². The van der Waals surface area contributed by atoms with Gasteiger partial charge in [0.15, 0.2) is 0 Å². The van der Waals surface area contributed by atoms with E-state index in [4.69, 9.17) is 23.9 Å². The van der Waals surface area contributed by atoms with Gasteiger partial charge in [-0.1, -0.05) is 36.4 Å². The molecule has 7 rings (SSSR count). The van der Waals surface area contributed by atoms with Gasteiger partial charge in [-0.3, -0.25) is 14.4 Å². The van der Waals surface area contributed by atoms with Gasteiger partial charge in [0.1, 0.15) is 23.9 Å². The number of carbonyl (C=O) groups excluding carboxylic acids is 5. The topological polar surface area (TPSA) is 194 Å². The molecule has 4 saturated heterocycles. The predicted octanol–water partition coefficient (Wildman–Crippen LogP) is 4.64. The van der Waals surface area contributed by atoms with E-state index in [2.05, 4.69) is 20.9 Å². The third-order valence-electron chi connectivity index (χ3n) is 11.9. The summed E-state index contributed by atoms with van der Waals surface area (Å²) in [6.07, 6.45) is 5.90. The highest BCUT2D eigenvalue weighted by atomic mass is 16.5. The molecule has 4 aliphatic heterocycles. The van der Waals surface area contributed by atoms with Crippen LogP contribution in [0, 0.1) is 11.8 Å². The van der Waals surface area contributed by atoms with Gasteiger partial charge in [0.2, 0.25) is 17.7 Å². The minimum Gasteiger partial charge on any atom is -0.453 e. The quantitative estimate of drug-likeness (QED) is 0.212. The molecule has 2 aromatic carbocycles. The standard InChI is InChI=1S/C42H53N7O9/c1-55-41(53)46-35(29-15-21-57-22-16-29)39(51)48-19-3-5-33(48)37-43-25-32(45-37)28-9-7-26(8-10-28)27-11-13-31(14-12-27)44-38(50)34-6-4-20-49(34)40(52)36(47-42(54)56-2)30-17-23-58-24-18-30/h7-14,25,29-30,33-36H,3-6,15-24H2,1-2H3,(H,43,45)(H,44,50)(H,46,53)(H,47,54)/t33-,34-,35-,36-/m0/s1. The lowest BCUT2D eigenvalue weighted by atomic mass is 9.90. The smallest absolute Gasteiger partial charge is 0.407 e. The van der Waals surface area contributed by atoms with Crippen LogP contribution in [-0.2, 0) is 33.3 Å². The SMILES string of the molecule is COC(=O)N[C@H](C(=O)N1CCC[C@H]1C(=O)Nc1ccc(-c2ccc(-c3cnc([C@@H]4CCCN4C(=O)[C@@H](NC(=O)OC)C4CCOCC4)[nH]3)cc2)cc1)C1CCOCC1. The van der Waals surface area contributed by atoms with Crippen LogP contribution in [0.3, 0.4) is 0 Å². The Balaban J connectivity index is 0.970. The number of aromatic amines is 1. The Morgan fingerprint density at radius 1 is 0.690 bits per heavy atom. The molecule has 16 nitrogen and oxygen atoms in total. The summed E-state index contributed by atoms with van der Waals surface area (Å²) in [5.74, 6) is -0.126. The summed E-state index contributed by atoms with van der Waals surface area (Å²) in [6.45, 7) is 3.12. The summed E-state index contributed by atoms with van der Waals surface area (Å²) in [4.78, 5) is 77.2. The number of H-pyrrole nitrogens is 1. The number of hydrogen-bond donors (Lipinski definition) is 4. The van der Waals surface area contributed by atoms with E-state index in [1.807, 2.05) is 53.4 Å². The normalized spacial score (nSPS) is 21.2. The first-order valence-corrected chi connectivity index (χ1v) is 20.3. The fourth-order valence-corrected chi connectivity index (χ4v) is 8.67. The Morgan fingerprint density at radius 3 is 1.76 bits per heavy atom. The van der Waals surface area contributed by atoms with Gasteiger partial charge < -0.3 is 49.7 Å². The summed E-state index contributed by atoms with van der Waals surface area (Å²) < 4.78 is 20.6. The van der Waals surface area contributed by atoms with Crippen molar-refractivity contribution < 1.29 is 42.9 Å². The Labute approximate surface area is 337 Å². The maximum atomic E-state index is 13.9. The van der Waals surface area contributed by atoms with Crippen LogP contribution in [-0.4, -0.2) is 122 Å².